The molecule has 0 unspecified atom stereocenters. The molecule has 0 aliphatic rings. The van der Waals surface area contributed by atoms with Crippen LogP contribution in [-0.4, -0.2) is 22.2 Å². The molecule has 1 radical (unpaired) electrons. The van der Waals surface area contributed by atoms with Crippen molar-refractivity contribution in [2.75, 3.05) is 0 Å². The van der Waals surface area contributed by atoms with Gasteiger partial charge in [-0.2, -0.15) is 0 Å². The van der Waals surface area contributed by atoms with Crippen LogP contribution in [0.1, 0.15) is 5.56 Å². The van der Waals surface area contributed by atoms with E-state index in [1.165, 1.54) is 0 Å². The third kappa shape index (κ3) is 2.79. The van der Waals surface area contributed by atoms with E-state index in [0.29, 0.717) is 0 Å². The van der Waals surface area contributed by atoms with Crippen LogP contribution in [0.2, 0.25) is 0 Å². The molecule has 15 heavy (non-hydrogen) atoms. The maximum atomic E-state index is 4.42. The van der Waals surface area contributed by atoms with Crippen molar-refractivity contribution in [1.82, 2.24) is 0 Å². The number of para-hydroxylation sites is 1. The van der Waals surface area contributed by atoms with Crippen LogP contribution in [-0.2, 0) is 0 Å². The molecule has 0 bridgehead atoms. The first kappa shape index (κ1) is 10.2. The molecule has 0 heterocycles. The van der Waals surface area contributed by atoms with Gasteiger partial charge < -0.3 is 0 Å². The zero-order valence-corrected chi connectivity index (χ0v) is 9.84. The summed E-state index contributed by atoms with van der Waals surface area (Å²) in [5, 5.41) is 0. The molecule has 0 fully saturated rings. The molecule has 0 aliphatic carbocycles. The van der Waals surface area contributed by atoms with Crippen molar-refractivity contribution in [2.24, 2.45) is 4.99 Å². The Labute approximate surface area is 97.7 Å². The summed E-state index contributed by atoms with van der Waals surface area (Å²) in [5.41, 5.74) is 2.09. The second-order valence-electron chi connectivity index (χ2n) is 3.14. The molecule has 0 aromatic heterocycles. The van der Waals surface area contributed by atoms with Gasteiger partial charge in [-0.15, -0.1) is 0 Å². The zero-order chi connectivity index (χ0) is 10.5. The minimum atomic E-state index is 0.973. The molecule has 2 heteroatoms. The number of hydrogen-bond acceptors (Lipinski definition) is 1. The topological polar surface area (TPSA) is 12.4 Å². The van der Waals surface area contributed by atoms with Gasteiger partial charge in [0.25, 0.3) is 0 Å². The van der Waals surface area contributed by atoms with E-state index in [1.54, 1.807) is 0 Å². The molecule has 0 spiro atoms. The molecule has 2 aromatic rings. The fourth-order valence-electron chi connectivity index (χ4n) is 1.25. The summed E-state index contributed by atoms with van der Waals surface area (Å²) in [7, 11) is 0. The van der Waals surface area contributed by atoms with Crippen molar-refractivity contribution in [2.45, 2.75) is 0 Å². The number of hydrogen-bond donors (Lipinski definition) is 0. The predicted octanol–water partition coefficient (Wildman–Crippen LogP) is 2.23. The molecular weight excluding hydrogens is 249 g/mol. The summed E-state index contributed by atoms with van der Waals surface area (Å²) in [6.07, 6.45) is 1.87. The van der Waals surface area contributed by atoms with Crippen LogP contribution >= 0.6 is 0 Å². The van der Waals surface area contributed by atoms with Crippen molar-refractivity contribution in [3.8, 4) is 0 Å². The summed E-state index contributed by atoms with van der Waals surface area (Å²) in [6.45, 7) is 0. The summed E-state index contributed by atoms with van der Waals surface area (Å²) < 4.78 is 1.07. The Hall–Kier alpha value is -1.37. The number of nitrogens with zero attached hydrogens (tertiary/aromatic N) is 1. The van der Waals surface area contributed by atoms with Gasteiger partial charge in [0.05, 0.1) is 0 Å². The first-order valence-corrected chi connectivity index (χ1v) is 5.57. The molecule has 73 valence electrons. The van der Waals surface area contributed by atoms with Crippen LogP contribution in [0.3, 0.4) is 0 Å². The third-order valence-corrected chi connectivity index (χ3v) is 2.74. The monoisotopic (exact) mass is 260 g/mol. The summed E-state index contributed by atoms with van der Waals surface area (Å²) in [4.78, 5) is 4.42. The van der Waals surface area contributed by atoms with Crippen LogP contribution in [0, 0.1) is 0 Å². The molecule has 0 N–H and O–H groups in total. The van der Waals surface area contributed by atoms with Gasteiger partial charge >= 0.3 is 97.5 Å². The summed E-state index contributed by atoms with van der Waals surface area (Å²) >= 11 is 2.99. The fourth-order valence-corrected chi connectivity index (χ4v) is 1.67. The maximum absolute atomic E-state index is 4.42. The van der Waals surface area contributed by atoms with Gasteiger partial charge in [0.2, 0.25) is 0 Å². The molecule has 0 atom stereocenters. The van der Waals surface area contributed by atoms with Crippen LogP contribution in [0.25, 0.3) is 0 Å². The van der Waals surface area contributed by atoms with Gasteiger partial charge in [-0.25, -0.2) is 0 Å². The number of benzene rings is 2. The van der Waals surface area contributed by atoms with E-state index in [9.17, 15) is 0 Å². The number of aliphatic imine (C=N–C) groups is 1. The Morgan fingerprint density at radius 3 is 2.27 bits per heavy atom. The van der Waals surface area contributed by atoms with Crippen molar-refractivity contribution in [1.29, 1.82) is 0 Å². The van der Waals surface area contributed by atoms with E-state index in [2.05, 4.69) is 21.0 Å². The van der Waals surface area contributed by atoms with Gasteiger partial charge in [0.15, 0.2) is 0 Å². The molecular formula is C13H10NSe. The average Bonchev–Trinajstić information content (AvgIpc) is 2.29. The zero-order valence-electron chi connectivity index (χ0n) is 8.13. The molecule has 1 nitrogen and oxygen atoms in total. The van der Waals surface area contributed by atoms with Gasteiger partial charge in [-0.3, -0.25) is 0 Å². The first-order chi connectivity index (χ1) is 7.36. The Balaban J connectivity index is 2.23. The molecule has 2 rings (SSSR count). The van der Waals surface area contributed by atoms with E-state index in [-0.39, 0.29) is 0 Å². The average molecular weight is 259 g/mol. The third-order valence-electron chi connectivity index (χ3n) is 2.02. The fraction of sp³-hybridized carbons (Fsp3) is 0. The van der Waals surface area contributed by atoms with Gasteiger partial charge in [0, 0.05) is 0 Å². The Morgan fingerprint density at radius 2 is 1.53 bits per heavy atom. The Kier molecular flexibility index (Phi) is 3.33. The van der Waals surface area contributed by atoms with Crippen LogP contribution in [0.5, 0.6) is 0 Å². The molecule has 0 amide bonds. The van der Waals surface area contributed by atoms with E-state index >= 15 is 0 Å². The predicted molar refractivity (Wildman–Crippen MR) is 65.5 cm³/mol. The Morgan fingerprint density at radius 1 is 0.867 bits per heavy atom. The summed E-state index contributed by atoms with van der Waals surface area (Å²) in [6, 6.07) is 18.1. The SMILES string of the molecule is [Se]c1ccccc1N=Cc1ccccc1. The van der Waals surface area contributed by atoms with Crippen LogP contribution in [0.15, 0.2) is 59.6 Å². The van der Waals surface area contributed by atoms with E-state index in [1.807, 2.05) is 60.8 Å². The van der Waals surface area contributed by atoms with Crippen molar-refractivity contribution >= 4 is 32.4 Å². The quantitative estimate of drug-likeness (QED) is 0.579. The summed E-state index contributed by atoms with van der Waals surface area (Å²) in [5.74, 6) is 0. The van der Waals surface area contributed by atoms with Crippen molar-refractivity contribution in [3.63, 3.8) is 0 Å². The molecule has 0 aliphatic heterocycles. The van der Waals surface area contributed by atoms with Gasteiger partial charge in [0.1, 0.15) is 0 Å². The minimum absolute atomic E-state index is 0.973. The second kappa shape index (κ2) is 4.92. The van der Waals surface area contributed by atoms with E-state index < -0.39 is 0 Å². The molecule has 0 saturated carbocycles. The van der Waals surface area contributed by atoms with E-state index in [0.717, 1.165) is 15.7 Å². The van der Waals surface area contributed by atoms with Crippen molar-refractivity contribution < 1.29 is 0 Å². The van der Waals surface area contributed by atoms with Crippen LogP contribution in [0.4, 0.5) is 5.69 Å². The number of rotatable bonds is 2. The standard InChI is InChI=1S/C13H10NSe/c15-13-9-5-4-8-12(13)14-10-11-6-2-1-3-7-11/h1-10H. The van der Waals surface area contributed by atoms with E-state index in [4.69, 9.17) is 0 Å². The van der Waals surface area contributed by atoms with Gasteiger partial charge in [-0.1, -0.05) is 0 Å². The first-order valence-electron chi connectivity index (χ1n) is 4.71. The normalized spacial score (nSPS) is 10.7. The molecule has 0 saturated heterocycles. The van der Waals surface area contributed by atoms with Crippen molar-refractivity contribution in [3.05, 3.63) is 60.2 Å². The van der Waals surface area contributed by atoms with Crippen LogP contribution < -0.4 is 4.46 Å². The Bertz CT molecular complexity index is 463. The van der Waals surface area contributed by atoms with Gasteiger partial charge in [-0.05, 0) is 0 Å². The molecule has 2 aromatic carbocycles. The second-order valence-corrected chi connectivity index (χ2v) is 4.06.